The van der Waals surface area contributed by atoms with Gasteiger partial charge in [-0.2, -0.15) is 5.10 Å². The molecule has 162 valence electrons. The van der Waals surface area contributed by atoms with Crippen molar-refractivity contribution < 1.29 is 13.6 Å². The lowest BCUT2D eigenvalue weighted by molar-refractivity contribution is 0.0976. The molecule has 6 nitrogen and oxygen atoms in total. The summed E-state index contributed by atoms with van der Waals surface area (Å²) >= 11 is 12.1. The molecule has 0 fully saturated rings. The smallest absolute Gasteiger partial charge is 0.258 e. The number of nitrogens with zero attached hydrogens (tertiary/aromatic N) is 2. The number of nitrogens with one attached hydrogen (secondary N) is 3. The highest BCUT2D eigenvalue weighted by molar-refractivity contribution is 6.35. The number of guanidine groups is 1. The number of carbonyl (C=O) groups is 1. The summed E-state index contributed by atoms with van der Waals surface area (Å²) in [4.78, 5) is 16.8. The SMILES string of the molecule is CC(C)CN=C(NC(=O)c1ccc(F)c(F)c1)Nc1cc(-c2cc(Cl)cc(Cl)c2)[nH]n1. The predicted octanol–water partition coefficient (Wildman–Crippen LogP) is 5.52. The van der Waals surface area contributed by atoms with Crippen LogP contribution in [-0.4, -0.2) is 28.6 Å². The van der Waals surface area contributed by atoms with Gasteiger partial charge in [-0.05, 0) is 42.3 Å². The fourth-order valence-electron chi connectivity index (χ4n) is 2.57. The zero-order valence-corrected chi connectivity index (χ0v) is 18.2. The molecule has 0 aliphatic carbocycles. The first kappa shape index (κ1) is 22.7. The van der Waals surface area contributed by atoms with Gasteiger partial charge in [-0.3, -0.25) is 20.2 Å². The van der Waals surface area contributed by atoms with E-state index in [-0.39, 0.29) is 17.4 Å². The second kappa shape index (κ2) is 9.89. The third kappa shape index (κ3) is 6.26. The van der Waals surface area contributed by atoms with E-state index in [4.69, 9.17) is 23.2 Å². The number of hydrogen-bond donors (Lipinski definition) is 3. The molecule has 0 saturated heterocycles. The lowest BCUT2D eigenvalue weighted by Gasteiger charge is -2.11. The molecule has 3 N–H and O–H groups in total. The van der Waals surface area contributed by atoms with Gasteiger partial charge >= 0.3 is 0 Å². The standard InChI is InChI=1S/C21H19Cl2F2N5O/c1-11(2)10-26-21(28-20(31)12-3-4-16(24)17(25)7-12)27-19-9-18(29-30-19)13-5-14(22)8-15(23)6-13/h3-9,11H,10H2,1-2H3,(H3,26,27,28,29,30,31). The van der Waals surface area contributed by atoms with Crippen LogP contribution in [0.1, 0.15) is 24.2 Å². The van der Waals surface area contributed by atoms with Crippen LogP contribution in [0, 0.1) is 17.6 Å². The fourth-order valence-corrected chi connectivity index (χ4v) is 3.09. The third-order valence-electron chi connectivity index (χ3n) is 4.03. The molecule has 10 heteroatoms. The van der Waals surface area contributed by atoms with E-state index in [1.165, 1.54) is 6.07 Å². The van der Waals surface area contributed by atoms with Crippen LogP contribution in [0.2, 0.25) is 10.0 Å². The summed E-state index contributed by atoms with van der Waals surface area (Å²) in [5, 5.41) is 13.5. The summed E-state index contributed by atoms with van der Waals surface area (Å²) in [6.45, 7) is 4.35. The van der Waals surface area contributed by atoms with Gasteiger partial charge in [0.25, 0.3) is 5.91 Å². The molecule has 3 rings (SSSR count). The maximum absolute atomic E-state index is 13.5. The first-order chi connectivity index (χ1) is 14.7. The number of rotatable bonds is 5. The average Bonchev–Trinajstić information content (AvgIpc) is 3.16. The van der Waals surface area contributed by atoms with Crippen LogP contribution >= 0.6 is 23.2 Å². The fraction of sp³-hybridized carbons (Fsp3) is 0.190. The Bertz CT molecular complexity index is 1110. The molecule has 0 spiro atoms. The highest BCUT2D eigenvalue weighted by Crippen LogP contribution is 2.27. The van der Waals surface area contributed by atoms with Crippen molar-refractivity contribution in [3.8, 4) is 11.3 Å². The Kier molecular flexibility index (Phi) is 7.25. The second-order valence-corrected chi connectivity index (χ2v) is 7.99. The maximum Gasteiger partial charge on any atom is 0.258 e. The van der Waals surface area contributed by atoms with E-state index < -0.39 is 17.5 Å². The van der Waals surface area contributed by atoms with Gasteiger partial charge in [0.05, 0.1) is 5.69 Å². The number of amides is 1. The van der Waals surface area contributed by atoms with Crippen LogP contribution in [0.25, 0.3) is 11.3 Å². The van der Waals surface area contributed by atoms with Crippen LogP contribution in [0.3, 0.4) is 0 Å². The van der Waals surface area contributed by atoms with Gasteiger partial charge in [0.15, 0.2) is 17.5 Å². The number of carbonyl (C=O) groups excluding carboxylic acids is 1. The monoisotopic (exact) mass is 465 g/mol. The number of aromatic nitrogens is 2. The molecule has 0 bridgehead atoms. The molecule has 0 aliphatic heterocycles. The van der Waals surface area contributed by atoms with E-state index in [0.29, 0.717) is 28.1 Å². The van der Waals surface area contributed by atoms with E-state index in [1.807, 2.05) is 13.8 Å². The van der Waals surface area contributed by atoms with Crippen molar-refractivity contribution >= 4 is 40.9 Å². The van der Waals surface area contributed by atoms with Crippen molar-refractivity contribution in [1.29, 1.82) is 0 Å². The molecule has 1 amide bonds. The molecule has 0 aliphatic rings. The lowest BCUT2D eigenvalue weighted by atomic mass is 10.1. The second-order valence-electron chi connectivity index (χ2n) is 7.12. The van der Waals surface area contributed by atoms with Crippen LogP contribution < -0.4 is 10.6 Å². The Hall–Kier alpha value is -2.97. The number of anilines is 1. The minimum absolute atomic E-state index is 0.0470. The lowest BCUT2D eigenvalue weighted by Crippen LogP contribution is -2.36. The van der Waals surface area contributed by atoms with Gasteiger partial charge in [0, 0.05) is 33.8 Å². The molecule has 1 aromatic heterocycles. The summed E-state index contributed by atoms with van der Waals surface area (Å²) in [6, 6.07) is 9.65. The van der Waals surface area contributed by atoms with Crippen molar-refractivity contribution in [2.75, 3.05) is 11.9 Å². The van der Waals surface area contributed by atoms with Gasteiger partial charge < -0.3 is 5.32 Å². The number of halogens is 4. The van der Waals surface area contributed by atoms with E-state index in [0.717, 1.165) is 17.7 Å². The maximum atomic E-state index is 13.5. The first-order valence-electron chi connectivity index (χ1n) is 9.31. The number of aliphatic imine (C=N–C) groups is 1. The molecule has 31 heavy (non-hydrogen) atoms. The Morgan fingerprint density at radius 3 is 2.45 bits per heavy atom. The molecule has 3 aromatic rings. The van der Waals surface area contributed by atoms with Crippen molar-refractivity contribution in [2.45, 2.75) is 13.8 Å². The first-order valence-corrected chi connectivity index (χ1v) is 10.1. The van der Waals surface area contributed by atoms with Crippen molar-refractivity contribution in [2.24, 2.45) is 10.9 Å². The zero-order valence-electron chi connectivity index (χ0n) is 16.6. The zero-order chi connectivity index (χ0) is 22.5. The Morgan fingerprint density at radius 2 is 1.81 bits per heavy atom. The molecule has 1 heterocycles. The molecule has 2 aromatic carbocycles. The van der Waals surface area contributed by atoms with Crippen molar-refractivity contribution in [3.05, 3.63) is 69.7 Å². The minimum atomic E-state index is -1.11. The predicted molar refractivity (Wildman–Crippen MR) is 119 cm³/mol. The topological polar surface area (TPSA) is 82.2 Å². The Morgan fingerprint density at radius 1 is 1.10 bits per heavy atom. The molecule has 0 unspecified atom stereocenters. The summed E-state index contributed by atoms with van der Waals surface area (Å²) in [5.41, 5.74) is 1.32. The number of benzene rings is 2. The van der Waals surface area contributed by atoms with Gasteiger partial charge in [-0.15, -0.1) is 0 Å². The molecular formula is C21H19Cl2F2N5O. The molecule has 0 atom stereocenters. The minimum Gasteiger partial charge on any atom is -0.309 e. The normalized spacial score (nSPS) is 11.6. The Labute approximate surface area is 187 Å². The van der Waals surface area contributed by atoms with E-state index in [1.54, 1.807) is 24.3 Å². The number of H-pyrrole nitrogens is 1. The van der Waals surface area contributed by atoms with E-state index in [9.17, 15) is 13.6 Å². The van der Waals surface area contributed by atoms with Gasteiger partial charge in [0.2, 0.25) is 5.96 Å². The highest BCUT2D eigenvalue weighted by atomic mass is 35.5. The largest absolute Gasteiger partial charge is 0.309 e. The summed E-state index contributed by atoms with van der Waals surface area (Å²) in [6.07, 6.45) is 0. The Balaban J connectivity index is 1.80. The van der Waals surface area contributed by atoms with Gasteiger partial charge in [-0.1, -0.05) is 37.0 Å². The quantitative estimate of drug-likeness (QED) is 0.342. The summed E-state index contributed by atoms with van der Waals surface area (Å²) in [5.74, 6) is -2.08. The van der Waals surface area contributed by atoms with Gasteiger partial charge in [0.1, 0.15) is 0 Å². The van der Waals surface area contributed by atoms with Crippen LogP contribution in [-0.2, 0) is 0 Å². The number of hydrogen-bond acceptors (Lipinski definition) is 3. The van der Waals surface area contributed by atoms with Crippen molar-refractivity contribution in [3.63, 3.8) is 0 Å². The average molecular weight is 466 g/mol. The van der Waals surface area contributed by atoms with E-state index in [2.05, 4.69) is 25.8 Å². The summed E-state index contributed by atoms with van der Waals surface area (Å²) < 4.78 is 26.6. The molecule has 0 saturated carbocycles. The highest BCUT2D eigenvalue weighted by Gasteiger charge is 2.14. The van der Waals surface area contributed by atoms with Gasteiger partial charge in [-0.25, -0.2) is 8.78 Å². The third-order valence-corrected chi connectivity index (χ3v) is 4.46. The van der Waals surface area contributed by atoms with Crippen molar-refractivity contribution in [1.82, 2.24) is 15.5 Å². The van der Waals surface area contributed by atoms with Crippen LogP contribution in [0.5, 0.6) is 0 Å². The molecular weight excluding hydrogens is 447 g/mol. The van der Waals surface area contributed by atoms with E-state index >= 15 is 0 Å². The molecule has 0 radical (unpaired) electrons. The van der Waals surface area contributed by atoms with Crippen LogP contribution in [0.15, 0.2) is 47.5 Å². The number of aromatic amines is 1. The summed E-state index contributed by atoms with van der Waals surface area (Å²) in [7, 11) is 0. The van der Waals surface area contributed by atoms with Crippen LogP contribution in [0.4, 0.5) is 14.6 Å².